The van der Waals surface area contributed by atoms with Gasteiger partial charge in [0.2, 0.25) is 0 Å². The molecular formula is C31H24F2N4O3. The number of fused-ring (bicyclic) bond motifs is 1. The lowest BCUT2D eigenvalue weighted by molar-refractivity contribution is 0.0345. The van der Waals surface area contributed by atoms with Crippen LogP contribution in [0.4, 0.5) is 8.87 Å². The molecule has 0 bridgehead atoms. The summed E-state index contributed by atoms with van der Waals surface area (Å²) in [7, 11) is 1.01. The van der Waals surface area contributed by atoms with E-state index in [-0.39, 0.29) is 22.4 Å². The van der Waals surface area contributed by atoms with E-state index in [9.17, 15) is 18.5 Å². The molecule has 0 aliphatic heterocycles. The van der Waals surface area contributed by atoms with Gasteiger partial charge in [-0.2, -0.15) is 5.12 Å². The van der Waals surface area contributed by atoms with E-state index in [2.05, 4.69) is 15.3 Å². The van der Waals surface area contributed by atoms with Crippen LogP contribution < -0.4 is 5.32 Å². The maximum Gasteiger partial charge on any atom is 0.285 e. The van der Waals surface area contributed by atoms with Crippen molar-refractivity contribution in [1.29, 1.82) is 0 Å². The van der Waals surface area contributed by atoms with Gasteiger partial charge in [-0.05, 0) is 91.1 Å². The molecule has 0 spiro atoms. The molecule has 40 heavy (non-hydrogen) atoms. The maximum atomic E-state index is 14.2. The summed E-state index contributed by atoms with van der Waals surface area (Å²) in [6.45, 7) is 1.92. The third-order valence-electron chi connectivity index (χ3n) is 7.20. The van der Waals surface area contributed by atoms with Crippen molar-refractivity contribution >= 4 is 22.8 Å². The predicted molar refractivity (Wildman–Crippen MR) is 145 cm³/mol. The highest BCUT2D eigenvalue weighted by Crippen LogP contribution is 2.44. The van der Waals surface area contributed by atoms with E-state index in [4.69, 9.17) is 4.42 Å². The summed E-state index contributed by atoms with van der Waals surface area (Å²) in [6, 6.07) is 17.8. The Kier molecular flexibility index (Phi) is 6.14. The molecule has 0 saturated heterocycles. The smallest absolute Gasteiger partial charge is 0.285 e. The quantitative estimate of drug-likeness (QED) is 0.254. The highest BCUT2D eigenvalue weighted by molar-refractivity contribution is 6.11. The van der Waals surface area contributed by atoms with Crippen molar-refractivity contribution < 1.29 is 22.9 Å². The zero-order chi connectivity index (χ0) is 28.0. The number of benzene rings is 3. The van der Waals surface area contributed by atoms with Gasteiger partial charge in [0.15, 0.2) is 5.82 Å². The number of furan rings is 1. The van der Waals surface area contributed by atoms with Crippen molar-refractivity contribution in [1.82, 2.24) is 20.4 Å². The second kappa shape index (κ2) is 9.68. The molecule has 2 amide bonds. The number of nitrogens with zero attached hydrogens (tertiary/aromatic N) is 3. The van der Waals surface area contributed by atoms with Crippen LogP contribution in [0.5, 0.6) is 0 Å². The molecule has 1 aliphatic carbocycles. The van der Waals surface area contributed by atoms with Crippen molar-refractivity contribution in [2.45, 2.75) is 25.3 Å². The molecule has 9 heteroatoms. The molecule has 5 aromatic rings. The molecule has 0 unspecified atom stereocenters. The lowest BCUT2D eigenvalue weighted by atomic mass is 9.95. The topological polar surface area (TPSA) is 88.3 Å². The van der Waals surface area contributed by atoms with Crippen LogP contribution in [0.15, 0.2) is 83.5 Å². The molecule has 1 fully saturated rings. The Labute approximate surface area is 228 Å². The molecule has 2 aromatic heterocycles. The third kappa shape index (κ3) is 4.49. The van der Waals surface area contributed by atoms with Crippen molar-refractivity contribution in [3.05, 3.63) is 107 Å². The minimum atomic E-state index is -0.891. The summed E-state index contributed by atoms with van der Waals surface area (Å²) in [5, 5.41) is 3.48. The molecular weight excluding hydrogens is 514 g/mol. The Bertz CT molecular complexity index is 1760. The first-order valence-electron chi connectivity index (χ1n) is 12.7. The number of rotatable bonds is 6. The molecule has 6 rings (SSSR count). The standard InChI is InChI=1S/C31H24F2N4O3/c1-18-4-5-21(28(38)36-31(12-13-31)30-34-14-3-15-35-30)17-23(18)20-8-11-25-24(16-20)26(29(39)37(2)33)27(40-25)19-6-9-22(32)10-7-19/h3-11,14-17H,12-13H2,1-2H3,(H,36,38). The largest absolute Gasteiger partial charge is 0.455 e. The Morgan fingerprint density at radius 2 is 1.68 bits per heavy atom. The van der Waals surface area contributed by atoms with Gasteiger partial charge < -0.3 is 9.73 Å². The van der Waals surface area contributed by atoms with Crippen LogP contribution in [0.3, 0.4) is 0 Å². The molecule has 3 aromatic carbocycles. The van der Waals surface area contributed by atoms with Crippen LogP contribution >= 0.6 is 0 Å². The highest BCUT2D eigenvalue weighted by atomic mass is 19.2. The molecule has 1 N–H and O–H groups in total. The summed E-state index contributed by atoms with van der Waals surface area (Å²) in [4.78, 5) is 34.9. The van der Waals surface area contributed by atoms with E-state index in [0.717, 1.165) is 31.0 Å². The Hall–Kier alpha value is -4.92. The zero-order valence-electron chi connectivity index (χ0n) is 21.7. The number of aryl methyl sites for hydroxylation is 1. The lowest BCUT2D eigenvalue weighted by Crippen LogP contribution is -2.36. The SMILES string of the molecule is Cc1ccc(C(=O)NC2(c3ncccn3)CC2)cc1-c1ccc2oc(-c3ccc(F)cc3)c(C(=O)N(C)F)c2c1. The molecule has 1 aliphatic rings. The van der Waals surface area contributed by atoms with E-state index in [1.807, 2.05) is 19.1 Å². The first-order valence-corrected chi connectivity index (χ1v) is 12.7. The summed E-state index contributed by atoms with van der Waals surface area (Å²) in [6.07, 6.45) is 4.83. The molecule has 7 nitrogen and oxygen atoms in total. The highest BCUT2D eigenvalue weighted by Gasteiger charge is 2.48. The molecule has 200 valence electrons. The number of nitrogens with one attached hydrogen (secondary N) is 1. The second-order valence-electron chi connectivity index (χ2n) is 9.94. The van der Waals surface area contributed by atoms with Gasteiger partial charge in [-0.3, -0.25) is 9.59 Å². The van der Waals surface area contributed by atoms with Crippen molar-refractivity contribution in [3.8, 4) is 22.5 Å². The average Bonchev–Trinajstić information content (AvgIpc) is 3.65. The number of aromatic nitrogens is 2. The minimum absolute atomic E-state index is 0.00956. The van der Waals surface area contributed by atoms with Crippen molar-refractivity contribution in [3.63, 3.8) is 0 Å². The third-order valence-corrected chi connectivity index (χ3v) is 7.20. The summed E-state index contributed by atoms with van der Waals surface area (Å²) in [5.41, 5.74) is 3.13. The van der Waals surface area contributed by atoms with Crippen LogP contribution in [0.2, 0.25) is 0 Å². The molecule has 2 heterocycles. The molecule has 0 radical (unpaired) electrons. The zero-order valence-corrected chi connectivity index (χ0v) is 21.7. The van der Waals surface area contributed by atoms with Gasteiger partial charge in [-0.1, -0.05) is 16.6 Å². The van der Waals surface area contributed by atoms with Gasteiger partial charge in [0.1, 0.15) is 22.7 Å². The number of amides is 2. The van der Waals surface area contributed by atoms with Gasteiger partial charge in [0.05, 0.1) is 5.56 Å². The van der Waals surface area contributed by atoms with E-state index in [1.54, 1.807) is 42.7 Å². The summed E-state index contributed by atoms with van der Waals surface area (Å²) < 4.78 is 33.7. The van der Waals surface area contributed by atoms with Gasteiger partial charge in [0, 0.05) is 36.0 Å². The van der Waals surface area contributed by atoms with Crippen molar-refractivity contribution in [2.75, 3.05) is 7.05 Å². The van der Waals surface area contributed by atoms with E-state index < -0.39 is 17.3 Å². The van der Waals surface area contributed by atoms with Gasteiger partial charge >= 0.3 is 0 Å². The number of halogens is 2. The van der Waals surface area contributed by atoms with Gasteiger partial charge in [-0.15, -0.1) is 0 Å². The Morgan fingerprint density at radius 3 is 2.35 bits per heavy atom. The van der Waals surface area contributed by atoms with Crippen LogP contribution in [0, 0.1) is 12.7 Å². The predicted octanol–water partition coefficient (Wildman–Crippen LogP) is 6.38. The number of hydrogen-bond acceptors (Lipinski definition) is 5. The Morgan fingerprint density at radius 1 is 0.975 bits per heavy atom. The average molecular weight is 539 g/mol. The first-order chi connectivity index (χ1) is 19.3. The normalized spacial score (nSPS) is 13.7. The Balaban J connectivity index is 1.40. The van der Waals surface area contributed by atoms with Crippen LogP contribution in [0.25, 0.3) is 33.4 Å². The van der Waals surface area contributed by atoms with E-state index >= 15 is 0 Å². The molecule has 1 saturated carbocycles. The molecule has 0 atom stereocenters. The van der Waals surface area contributed by atoms with Gasteiger partial charge in [-0.25, -0.2) is 14.4 Å². The van der Waals surface area contributed by atoms with Gasteiger partial charge in [0.25, 0.3) is 11.8 Å². The summed E-state index contributed by atoms with van der Waals surface area (Å²) >= 11 is 0. The fourth-order valence-electron chi connectivity index (χ4n) is 4.88. The van der Waals surface area contributed by atoms with E-state index in [1.165, 1.54) is 24.3 Å². The lowest BCUT2D eigenvalue weighted by Gasteiger charge is -2.16. The number of hydrogen-bond donors (Lipinski definition) is 1. The van der Waals surface area contributed by atoms with Crippen LogP contribution in [-0.2, 0) is 5.54 Å². The van der Waals surface area contributed by atoms with Crippen molar-refractivity contribution in [2.24, 2.45) is 0 Å². The van der Waals surface area contributed by atoms with E-state index in [0.29, 0.717) is 33.5 Å². The fraction of sp³-hybridized carbons (Fsp3) is 0.161. The van der Waals surface area contributed by atoms with Crippen LogP contribution in [-0.4, -0.2) is 34.0 Å². The van der Waals surface area contributed by atoms with Crippen LogP contribution in [0.1, 0.15) is 44.9 Å². The number of carbonyl (C=O) groups excluding carboxylic acids is 2. The fourth-order valence-corrected chi connectivity index (χ4v) is 4.88. The first kappa shape index (κ1) is 25.4. The number of carbonyl (C=O) groups is 2. The second-order valence-corrected chi connectivity index (χ2v) is 9.94. The maximum absolute atomic E-state index is 14.2. The monoisotopic (exact) mass is 538 g/mol. The summed E-state index contributed by atoms with van der Waals surface area (Å²) in [5.74, 6) is -0.847. The minimum Gasteiger partial charge on any atom is -0.455 e.